The number of amides is 1. The normalized spacial score (nSPS) is 29.3. The minimum atomic E-state index is -1.19. The van der Waals surface area contributed by atoms with Gasteiger partial charge in [-0.3, -0.25) is 9.79 Å². The Labute approximate surface area is 158 Å². The van der Waals surface area contributed by atoms with Crippen LogP contribution in [-0.2, 0) is 9.59 Å². The SMILES string of the molecule is CCN(/C=N/C1C(=O)N2[C@@H]1SC(C)(C)[C@@H]2C(=O)[O-])C(C)C.[Na+]. The van der Waals surface area contributed by atoms with Crippen molar-refractivity contribution in [3.63, 3.8) is 0 Å². The summed E-state index contributed by atoms with van der Waals surface area (Å²) in [4.78, 5) is 31.3. The van der Waals surface area contributed by atoms with Gasteiger partial charge in [-0.05, 0) is 34.6 Å². The minimum absolute atomic E-state index is 0. The van der Waals surface area contributed by atoms with Crippen LogP contribution in [0.25, 0.3) is 0 Å². The molecule has 0 bridgehead atoms. The molecule has 1 unspecified atom stereocenters. The van der Waals surface area contributed by atoms with E-state index in [2.05, 4.69) is 18.8 Å². The molecule has 8 heteroatoms. The summed E-state index contributed by atoms with van der Waals surface area (Å²) in [6.07, 6.45) is 1.71. The first-order valence-electron chi connectivity index (χ1n) is 7.20. The van der Waals surface area contributed by atoms with E-state index in [1.807, 2.05) is 25.7 Å². The van der Waals surface area contributed by atoms with Gasteiger partial charge >= 0.3 is 29.6 Å². The first kappa shape index (κ1) is 19.8. The smallest absolute Gasteiger partial charge is 0.548 e. The van der Waals surface area contributed by atoms with Crippen LogP contribution in [0.3, 0.4) is 0 Å². The van der Waals surface area contributed by atoms with E-state index in [0.29, 0.717) is 6.04 Å². The summed E-state index contributed by atoms with van der Waals surface area (Å²) in [5.41, 5.74) is 0. The zero-order valence-electron chi connectivity index (χ0n) is 14.1. The molecule has 0 spiro atoms. The monoisotopic (exact) mass is 335 g/mol. The summed E-state index contributed by atoms with van der Waals surface area (Å²) in [6.45, 7) is 10.6. The first-order valence-corrected chi connectivity index (χ1v) is 8.08. The third-order valence-corrected chi connectivity index (χ3v) is 5.60. The molecular weight excluding hydrogens is 313 g/mol. The Bertz CT molecular complexity index is 484. The molecule has 22 heavy (non-hydrogen) atoms. The van der Waals surface area contributed by atoms with Crippen molar-refractivity contribution >= 4 is 30.0 Å². The number of nitrogens with zero attached hydrogens (tertiary/aromatic N) is 3. The topological polar surface area (TPSA) is 76.0 Å². The van der Waals surface area contributed by atoms with E-state index in [4.69, 9.17) is 0 Å². The number of hydrogen-bond acceptors (Lipinski definition) is 5. The molecule has 0 aromatic heterocycles. The molecule has 2 fully saturated rings. The second-order valence-electron chi connectivity index (χ2n) is 6.21. The third-order valence-electron chi connectivity index (χ3n) is 4.04. The van der Waals surface area contributed by atoms with Crippen LogP contribution in [0.2, 0.25) is 0 Å². The van der Waals surface area contributed by atoms with Gasteiger partial charge in [0.2, 0.25) is 0 Å². The van der Waals surface area contributed by atoms with Crippen molar-refractivity contribution in [3.8, 4) is 0 Å². The number of carboxylic acids is 1. The standard InChI is InChI=1S/C14H23N3O3S.Na/c1-6-16(8(2)3)7-15-9-11(18)17-10(13(19)20)14(4,5)21-12(9)17;/h7-10,12H,6H2,1-5H3,(H,19,20);/q;+1/p-1/b15-7+;/t9?,10-,12+;/m0./s1. The van der Waals surface area contributed by atoms with Crippen LogP contribution in [0, 0.1) is 0 Å². The Morgan fingerprint density at radius 3 is 2.59 bits per heavy atom. The van der Waals surface area contributed by atoms with Crippen molar-refractivity contribution in [2.45, 2.75) is 62.9 Å². The molecule has 0 radical (unpaired) electrons. The second kappa shape index (κ2) is 7.11. The summed E-state index contributed by atoms with van der Waals surface area (Å²) in [5, 5.41) is 11.1. The number of carboxylic acid groups (broad SMARTS) is 1. The van der Waals surface area contributed by atoms with Crippen LogP contribution in [0.4, 0.5) is 0 Å². The van der Waals surface area contributed by atoms with E-state index in [1.165, 1.54) is 16.7 Å². The average molecular weight is 335 g/mol. The number of aliphatic imine (C=N–C) groups is 1. The van der Waals surface area contributed by atoms with Crippen LogP contribution >= 0.6 is 11.8 Å². The largest absolute Gasteiger partial charge is 1.00 e. The van der Waals surface area contributed by atoms with Gasteiger partial charge in [0.15, 0.2) is 6.04 Å². The fourth-order valence-corrected chi connectivity index (χ4v) is 4.46. The zero-order valence-corrected chi connectivity index (χ0v) is 16.9. The van der Waals surface area contributed by atoms with E-state index in [9.17, 15) is 14.7 Å². The maximum atomic E-state index is 12.2. The number of rotatable bonds is 5. The van der Waals surface area contributed by atoms with Crippen molar-refractivity contribution in [3.05, 3.63) is 0 Å². The number of thioether (sulfide) groups is 1. The van der Waals surface area contributed by atoms with E-state index in [1.54, 1.807) is 6.34 Å². The van der Waals surface area contributed by atoms with Gasteiger partial charge in [-0.1, -0.05) is 0 Å². The average Bonchev–Trinajstić information content (AvgIpc) is 2.62. The predicted octanol–water partition coefficient (Wildman–Crippen LogP) is -3.07. The van der Waals surface area contributed by atoms with E-state index < -0.39 is 22.8 Å². The molecule has 2 aliphatic rings. The number of carbonyl (C=O) groups is 2. The summed E-state index contributed by atoms with van der Waals surface area (Å²) >= 11 is 1.49. The molecule has 118 valence electrons. The molecule has 0 N–H and O–H groups in total. The molecule has 3 atom stereocenters. The molecule has 1 amide bonds. The molecule has 0 aromatic carbocycles. The quantitative estimate of drug-likeness (QED) is 0.231. The van der Waals surface area contributed by atoms with Gasteiger partial charge in [0.1, 0.15) is 5.37 Å². The van der Waals surface area contributed by atoms with Crippen LogP contribution < -0.4 is 34.7 Å². The van der Waals surface area contributed by atoms with E-state index in [0.717, 1.165) is 6.54 Å². The molecule has 2 saturated heterocycles. The van der Waals surface area contributed by atoms with Gasteiger partial charge < -0.3 is 19.7 Å². The van der Waals surface area contributed by atoms with Gasteiger partial charge in [0.25, 0.3) is 5.91 Å². The number of aliphatic carboxylic acids is 1. The van der Waals surface area contributed by atoms with Crippen LogP contribution in [0.5, 0.6) is 0 Å². The molecule has 2 heterocycles. The van der Waals surface area contributed by atoms with Crippen molar-refractivity contribution in [1.82, 2.24) is 9.80 Å². The fraction of sp³-hybridized carbons (Fsp3) is 0.786. The van der Waals surface area contributed by atoms with Gasteiger partial charge in [-0.15, -0.1) is 11.8 Å². The first-order chi connectivity index (χ1) is 9.70. The number of hydrogen-bond donors (Lipinski definition) is 0. The Hall–Kier alpha value is -0.240. The second-order valence-corrected chi connectivity index (χ2v) is 7.98. The van der Waals surface area contributed by atoms with E-state index >= 15 is 0 Å². The Morgan fingerprint density at radius 2 is 2.14 bits per heavy atom. The fourth-order valence-electron chi connectivity index (χ4n) is 2.85. The van der Waals surface area contributed by atoms with Crippen molar-refractivity contribution < 1.29 is 44.3 Å². The van der Waals surface area contributed by atoms with E-state index in [-0.39, 0.29) is 40.8 Å². The molecule has 0 saturated carbocycles. The molecule has 2 rings (SSSR count). The van der Waals surface area contributed by atoms with Gasteiger partial charge in [-0.2, -0.15) is 0 Å². The van der Waals surface area contributed by atoms with Crippen molar-refractivity contribution in [2.75, 3.05) is 6.54 Å². The Kier molecular flexibility index (Phi) is 6.40. The van der Waals surface area contributed by atoms with Gasteiger partial charge in [0.05, 0.1) is 18.3 Å². The summed E-state index contributed by atoms with van der Waals surface area (Å²) in [7, 11) is 0. The van der Waals surface area contributed by atoms with Crippen LogP contribution in [0.15, 0.2) is 4.99 Å². The Morgan fingerprint density at radius 1 is 1.55 bits per heavy atom. The third kappa shape index (κ3) is 3.32. The molecule has 2 aliphatic heterocycles. The summed E-state index contributed by atoms with van der Waals surface area (Å²) < 4.78 is -0.550. The Balaban J connectivity index is 0.00000242. The summed E-state index contributed by atoms with van der Waals surface area (Å²) in [6, 6.07) is -1.04. The van der Waals surface area contributed by atoms with Crippen LogP contribution in [0.1, 0.15) is 34.6 Å². The maximum Gasteiger partial charge on any atom is 1.00 e. The maximum absolute atomic E-state index is 12.2. The molecule has 0 aliphatic carbocycles. The number of fused-ring (bicyclic) bond motifs is 1. The van der Waals surface area contributed by atoms with Gasteiger partial charge in [0, 0.05) is 17.3 Å². The molecular formula is C14H22N3NaO3S. The molecule has 0 aromatic rings. The molecule has 6 nitrogen and oxygen atoms in total. The predicted molar refractivity (Wildman–Crippen MR) is 80.9 cm³/mol. The van der Waals surface area contributed by atoms with Crippen molar-refractivity contribution in [2.24, 2.45) is 4.99 Å². The minimum Gasteiger partial charge on any atom is -0.548 e. The summed E-state index contributed by atoms with van der Waals surface area (Å²) in [5.74, 6) is -1.41. The van der Waals surface area contributed by atoms with Gasteiger partial charge in [-0.25, -0.2) is 0 Å². The van der Waals surface area contributed by atoms with Crippen molar-refractivity contribution in [1.29, 1.82) is 0 Å². The van der Waals surface area contributed by atoms with Crippen LogP contribution in [-0.4, -0.2) is 62.8 Å². The number of β-lactam (4-membered cyclic amide) rings is 1. The zero-order chi connectivity index (χ0) is 15.9. The number of carbonyl (C=O) groups excluding carboxylic acids is 2.